The van der Waals surface area contributed by atoms with Gasteiger partial charge >= 0.3 is 6.18 Å². The molecule has 148 valence electrons. The first-order valence-electron chi connectivity index (χ1n) is 8.83. The molecule has 0 bridgehead atoms. The van der Waals surface area contributed by atoms with Gasteiger partial charge in [-0.05, 0) is 29.8 Å². The smallest absolute Gasteiger partial charge is 0.378 e. The van der Waals surface area contributed by atoms with Crippen LogP contribution in [0.3, 0.4) is 0 Å². The van der Waals surface area contributed by atoms with Crippen LogP contribution in [-0.4, -0.2) is 37.2 Å². The highest BCUT2D eigenvalue weighted by molar-refractivity contribution is 5.91. The average molecular weight is 391 g/mol. The van der Waals surface area contributed by atoms with Crippen molar-refractivity contribution in [3.63, 3.8) is 0 Å². The van der Waals surface area contributed by atoms with Crippen LogP contribution in [-0.2, 0) is 22.3 Å². The number of ether oxygens (including phenoxy) is 1. The standard InChI is InChI=1S/C20H20F3N3O2/c21-20(22,23)17-5-1-3-15(13-17)6-7-18(27)25-14-16-4-2-8-24-19(16)26-9-11-28-12-10-26/h1-8,13H,9-12,14H2,(H,25,27). The second-order valence-electron chi connectivity index (χ2n) is 6.26. The van der Waals surface area contributed by atoms with Gasteiger partial charge in [-0.15, -0.1) is 0 Å². The molecule has 0 aliphatic carbocycles. The van der Waals surface area contributed by atoms with E-state index in [0.717, 1.165) is 36.6 Å². The summed E-state index contributed by atoms with van der Waals surface area (Å²) in [4.78, 5) is 18.6. The van der Waals surface area contributed by atoms with Crippen LogP contribution in [0.5, 0.6) is 0 Å². The molecule has 0 unspecified atom stereocenters. The molecular formula is C20H20F3N3O2. The molecule has 2 aromatic rings. The van der Waals surface area contributed by atoms with Crippen molar-refractivity contribution < 1.29 is 22.7 Å². The Morgan fingerprint density at radius 3 is 2.75 bits per heavy atom. The summed E-state index contributed by atoms with van der Waals surface area (Å²) in [5, 5.41) is 2.75. The molecule has 1 saturated heterocycles. The summed E-state index contributed by atoms with van der Waals surface area (Å²) in [7, 11) is 0. The summed E-state index contributed by atoms with van der Waals surface area (Å²) in [6.07, 6.45) is -0.136. The van der Waals surface area contributed by atoms with E-state index in [-0.39, 0.29) is 6.54 Å². The highest BCUT2D eigenvalue weighted by Gasteiger charge is 2.30. The fraction of sp³-hybridized carbons (Fsp3) is 0.300. The fourth-order valence-electron chi connectivity index (χ4n) is 2.86. The van der Waals surface area contributed by atoms with Crippen molar-refractivity contribution in [3.8, 4) is 0 Å². The van der Waals surface area contributed by atoms with E-state index in [9.17, 15) is 18.0 Å². The molecule has 2 heterocycles. The minimum absolute atomic E-state index is 0.270. The molecule has 0 radical (unpaired) electrons. The Labute approximate surface area is 160 Å². The number of morpholine rings is 1. The predicted octanol–water partition coefficient (Wildman–Crippen LogP) is 3.27. The molecule has 5 nitrogen and oxygen atoms in total. The second kappa shape index (κ2) is 8.88. The molecule has 1 aliphatic rings. The number of hydrogen-bond donors (Lipinski definition) is 1. The molecule has 1 aromatic carbocycles. The number of carbonyl (C=O) groups is 1. The van der Waals surface area contributed by atoms with Crippen LogP contribution in [0.15, 0.2) is 48.7 Å². The molecule has 1 fully saturated rings. The van der Waals surface area contributed by atoms with Gasteiger partial charge in [0.1, 0.15) is 5.82 Å². The van der Waals surface area contributed by atoms with E-state index >= 15 is 0 Å². The predicted molar refractivity (Wildman–Crippen MR) is 99.6 cm³/mol. The molecule has 28 heavy (non-hydrogen) atoms. The van der Waals surface area contributed by atoms with Gasteiger partial charge in [0.15, 0.2) is 0 Å². The summed E-state index contributed by atoms with van der Waals surface area (Å²) in [5.41, 5.74) is 0.422. The number of hydrogen-bond acceptors (Lipinski definition) is 4. The van der Waals surface area contributed by atoms with Crippen molar-refractivity contribution in [2.45, 2.75) is 12.7 Å². The number of benzene rings is 1. The summed E-state index contributed by atoms with van der Waals surface area (Å²) in [6.45, 7) is 2.98. The van der Waals surface area contributed by atoms with E-state index < -0.39 is 17.6 Å². The van der Waals surface area contributed by atoms with Crippen LogP contribution in [0.25, 0.3) is 6.08 Å². The molecule has 3 rings (SSSR count). The first-order valence-corrected chi connectivity index (χ1v) is 8.83. The Morgan fingerprint density at radius 2 is 2.00 bits per heavy atom. The van der Waals surface area contributed by atoms with E-state index in [1.54, 1.807) is 12.3 Å². The van der Waals surface area contributed by atoms with Gasteiger partial charge in [0.2, 0.25) is 5.91 Å². The number of anilines is 1. The Hall–Kier alpha value is -2.87. The Morgan fingerprint density at radius 1 is 1.21 bits per heavy atom. The average Bonchev–Trinajstić information content (AvgIpc) is 2.71. The maximum Gasteiger partial charge on any atom is 0.416 e. The van der Waals surface area contributed by atoms with Crippen LogP contribution in [0.1, 0.15) is 16.7 Å². The Kier molecular flexibility index (Phi) is 6.30. The zero-order valence-corrected chi connectivity index (χ0v) is 15.1. The van der Waals surface area contributed by atoms with Gasteiger partial charge in [-0.25, -0.2) is 4.98 Å². The zero-order valence-electron chi connectivity index (χ0n) is 15.1. The minimum Gasteiger partial charge on any atom is -0.378 e. The highest BCUT2D eigenvalue weighted by atomic mass is 19.4. The number of halogens is 3. The SMILES string of the molecule is O=C(C=Cc1cccc(C(F)(F)F)c1)NCc1cccnc1N1CCOCC1. The van der Waals surface area contributed by atoms with Crippen molar-refractivity contribution in [2.75, 3.05) is 31.2 Å². The third-order valence-electron chi connectivity index (χ3n) is 4.27. The summed E-state index contributed by atoms with van der Waals surface area (Å²) < 4.78 is 43.6. The second-order valence-corrected chi connectivity index (χ2v) is 6.26. The summed E-state index contributed by atoms with van der Waals surface area (Å²) in [6, 6.07) is 8.49. The normalized spacial score (nSPS) is 15.0. The molecule has 1 aliphatic heterocycles. The first kappa shape index (κ1) is 19.9. The van der Waals surface area contributed by atoms with E-state index in [1.165, 1.54) is 24.3 Å². The lowest BCUT2D eigenvalue weighted by Gasteiger charge is -2.29. The monoisotopic (exact) mass is 391 g/mol. The number of aromatic nitrogens is 1. The lowest BCUT2D eigenvalue weighted by molar-refractivity contribution is -0.137. The van der Waals surface area contributed by atoms with Crippen LogP contribution >= 0.6 is 0 Å². The molecule has 1 aromatic heterocycles. The molecule has 1 N–H and O–H groups in total. The number of rotatable bonds is 5. The minimum atomic E-state index is -4.41. The van der Waals surface area contributed by atoms with E-state index in [0.29, 0.717) is 18.8 Å². The number of carbonyl (C=O) groups excluding carboxylic acids is 1. The number of pyridine rings is 1. The largest absolute Gasteiger partial charge is 0.416 e. The first-order chi connectivity index (χ1) is 13.4. The number of nitrogens with one attached hydrogen (secondary N) is 1. The van der Waals surface area contributed by atoms with Gasteiger partial charge in [0.25, 0.3) is 0 Å². The highest BCUT2D eigenvalue weighted by Crippen LogP contribution is 2.29. The van der Waals surface area contributed by atoms with Crippen LogP contribution in [0, 0.1) is 0 Å². The van der Waals surface area contributed by atoms with Crippen molar-refractivity contribution >= 4 is 17.8 Å². The third kappa shape index (κ3) is 5.32. The van der Waals surface area contributed by atoms with Crippen molar-refractivity contribution in [3.05, 3.63) is 65.4 Å². The zero-order chi connectivity index (χ0) is 20.0. The molecule has 8 heteroatoms. The maximum absolute atomic E-state index is 12.7. The number of amides is 1. The van der Waals surface area contributed by atoms with Crippen LogP contribution < -0.4 is 10.2 Å². The van der Waals surface area contributed by atoms with Crippen molar-refractivity contribution in [1.82, 2.24) is 10.3 Å². The molecule has 0 saturated carbocycles. The number of nitrogens with zero attached hydrogens (tertiary/aromatic N) is 2. The van der Waals surface area contributed by atoms with Crippen LogP contribution in [0.4, 0.5) is 19.0 Å². The lowest BCUT2D eigenvalue weighted by Crippen LogP contribution is -2.37. The van der Waals surface area contributed by atoms with Crippen molar-refractivity contribution in [1.29, 1.82) is 0 Å². The van der Waals surface area contributed by atoms with Gasteiger partial charge in [-0.1, -0.05) is 18.2 Å². The topological polar surface area (TPSA) is 54.5 Å². The fourth-order valence-corrected chi connectivity index (χ4v) is 2.86. The van der Waals surface area contributed by atoms with Gasteiger partial charge in [0, 0.05) is 37.5 Å². The quantitative estimate of drug-likeness (QED) is 0.795. The summed E-state index contributed by atoms with van der Waals surface area (Å²) in [5.74, 6) is 0.405. The van der Waals surface area contributed by atoms with E-state index in [4.69, 9.17) is 4.74 Å². The van der Waals surface area contributed by atoms with Gasteiger partial charge < -0.3 is 15.0 Å². The van der Waals surface area contributed by atoms with Gasteiger partial charge in [-0.2, -0.15) is 13.2 Å². The van der Waals surface area contributed by atoms with Crippen molar-refractivity contribution in [2.24, 2.45) is 0 Å². The van der Waals surface area contributed by atoms with Gasteiger partial charge in [-0.3, -0.25) is 4.79 Å². The third-order valence-corrected chi connectivity index (χ3v) is 4.27. The molecule has 0 spiro atoms. The van der Waals surface area contributed by atoms with E-state index in [1.807, 2.05) is 6.07 Å². The van der Waals surface area contributed by atoms with Crippen LogP contribution in [0.2, 0.25) is 0 Å². The molecular weight excluding hydrogens is 371 g/mol. The summed E-state index contributed by atoms with van der Waals surface area (Å²) >= 11 is 0. The maximum atomic E-state index is 12.7. The van der Waals surface area contributed by atoms with Gasteiger partial charge in [0.05, 0.1) is 18.8 Å². The Balaban J connectivity index is 1.61. The molecule has 0 atom stereocenters. The number of alkyl halides is 3. The van der Waals surface area contributed by atoms with E-state index in [2.05, 4.69) is 15.2 Å². The lowest BCUT2D eigenvalue weighted by atomic mass is 10.1. The molecule has 1 amide bonds. The Bertz CT molecular complexity index is 847.